The summed E-state index contributed by atoms with van der Waals surface area (Å²) in [6, 6.07) is 18.2. The van der Waals surface area contributed by atoms with Gasteiger partial charge in [0.2, 0.25) is 23.6 Å². The van der Waals surface area contributed by atoms with Crippen molar-refractivity contribution in [2.75, 3.05) is 163 Å². The molecule has 3 heterocycles. The number of nitrogens with one attached hydrogen (secondary N) is 7. The lowest BCUT2D eigenvalue weighted by molar-refractivity contribution is -0.142. The highest BCUT2D eigenvalue weighted by atomic mass is 127. The molecule has 0 saturated carbocycles. The Hall–Kier alpha value is -8.82. The maximum Gasteiger partial charge on any atom is 0.326 e. The van der Waals surface area contributed by atoms with Crippen molar-refractivity contribution >= 4 is 122 Å². The van der Waals surface area contributed by atoms with Crippen LogP contribution in [0.4, 0.5) is 5.69 Å². The molecule has 1 aromatic heterocycles. The maximum absolute atomic E-state index is 13.8. The average molecular weight is 1610 g/mol. The number of fused-ring (bicyclic) bond motifs is 1. The molecule has 6 amide bonds. The van der Waals surface area contributed by atoms with Crippen LogP contribution in [0.3, 0.4) is 0 Å². The molecule has 106 heavy (non-hydrogen) atoms. The minimum Gasteiger partial charge on any atom is -0.484 e. The minimum atomic E-state index is -1.29. The van der Waals surface area contributed by atoms with Gasteiger partial charge in [-0.15, -0.1) is 0 Å². The van der Waals surface area contributed by atoms with Gasteiger partial charge in [-0.1, -0.05) is 24.3 Å². The first-order chi connectivity index (χ1) is 51.0. The minimum absolute atomic E-state index is 0.0200. The van der Waals surface area contributed by atoms with E-state index in [1.165, 1.54) is 6.20 Å². The Kier molecular flexibility index (Phi) is 38.7. The van der Waals surface area contributed by atoms with Gasteiger partial charge in [-0.2, -0.15) is 0 Å². The van der Waals surface area contributed by atoms with Gasteiger partial charge in [-0.3, -0.25) is 72.5 Å². The fourth-order valence-electron chi connectivity index (χ4n) is 11.7. The number of anilines is 1. The van der Waals surface area contributed by atoms with Crippen molar-refractivity contribution in [1.29, 1.82) is 0 Å². The van der Waals surface area contributed by atoms with E-state index in [-0.39, 0.29) is 173 Å². The molecular formula is C71H98IN13O20S. The molecular weight excluding hydrogens is 1510 g/mol. The van der Waals surface area contributed by atoms with Crippen LogP contribution in [0.1, 0.15) is 79.3 Å². The van der Waals surface area contributed by atoms with Gasteiger partial charge >= 0.3 is 29.8 Å². The number of carbonyl (C=O) groups excluding carboxylic acids is 6. The number of likely N-dealkylation sites (tertiary alicyclic amines) is 1. The van der Waals surface area contributed by atoms with Crippen molar-refractivity contribution in [1.82, 2.24) is 61.4 Å². The number of halogens is 1. The number of hydrogen-bond acceptors (Lipinski definition) is 21. The Morgan fingerprint density at radius 3 is 1.78 bits per heavy atom. The van der Waals surface area contributed by atoms with Gasteiger partial charge in [0, 0.05) is 118 Å². The summed E-state index contributed by atoms with van der Waals surface area (Å²) < 4.78 is 23.5. The van der Waals surface area contributed by atoms with Crippen molar-refractivity contribution in [3.8, 4) is 5.75 Å². The van der Waals surface area contributed by atoms with E-state index in [1.807, 2.05) is 36.4 Å². The molecule has 33 nitrogen and oxygen atoms in total. The van der Waals surface area contributed by atoms with E-state index in [1.54, 1.807) is 60.9 Å². The quantitative estimate of drug-likeness (QED) is 0.0169. The molecule has 2 aliphatic rings. The largest absolute Gasteiger partial charge is 0.484 e. The van der Waals surface area contributed by atoms with Crippen LogP contribution in [-0.4, -0.2) is 301 Å². The second-order valence-corrected chi connectivity index (χ2v) is 27.1. The Bertz CT molecular complexity index is 3540. The SMILES string of the molecule is O=C(O)CN1CCN(CC(=O)O)CCN(CC(=O)O)C(Cc2ccc(NC(=S)NCCCC[C@H](NC(=O)CCOCCOCCOCCNC(=O)COc3ccc4c(C(=O)NCC(=O)N5CCCC5)ccnc4c3)C(=O)N[C@@H](CCCCNC(=O)Cc3ccc(I)cc3)C(=O)O)cc2)CN(CC(=O)O)CC1. The number of aliphatic carboxylic acids is 5. The summed E-state index contributed by atoms with van der Waals surface area (Å²) in [7, 11) is 0. The Balaban J connectivity index is 0.919. The Labute approximate surface area is 633 Å². The highest BCUT2D eigenvalue weighted by Crippen LogP contribution is 2.23. The zero-order valence-corrected chi connectivity index (χ0v) is 62.3. The fourth-order valence-corrected chi connectivity index (χ4v) is 12.3. The summed E-state index contributed by atoms with van der Waals surface area (Å²) in [5.41, 5.74) is 3.05. The summed E-state index contributed by atoms with van der Waals surface area (Å²) in [5.74, 6) is -7.67. The molecule has 2 saturated heterocycles. The molecule has 580 valence electrons. The van der Waals surface area contributed by atoms with Gasteiger partial charge < -0.3 is 86.6 Å². The highest BCUT2D eigenvalue weighted by Gasteiger charge is 2.30. The maximum atomic E-state index is 13.8. The fraction of sp³-hybridized carbons (Fsp3) is 0.535. The predicted octanol–water partition coefficient (Wildman–Crippen LogP) is 1.34. The average Bonchev–Trinajstić information content (AvgIpc) is 0.900. The molecule has 0 radical (unpaired) electrons. The second kappa shape index (κ2) is 47.7. The molecule has 6 rings (SSSR count). The number of thiocarbonyl (C=S) groups is 1. The third kappa shape index (κ3) is 34.2. The van der Waals surface area contributed by atoms with E-state index in [4.69, 9.17) is 31.2 Å². The molecule has 3 aromatic carbocycles. The lowest BCUT2D eigenvalue weighted by atomic mass is 10.0. The predicted molar refractivity (Wildman–Crippen MR) is 400 cm³/mol. The smallest absolute Gasteiger partial charge is 0.326 e. The number of carboxylic acid groups (broad SMARTS) is 5. The number of rotatable bonds is 45. The molecule has 12 N–H and O–H groups in total. The molecule has 0 spiro atoms. The number of carbonyl (C=O) groups is 11. The van der Waals surface area contributed by atoms with Crippen LogP contribution in [0.2, 0.25) is 0 Å². The molecule has 2 aliphatic heterocycles. The van der Waals surface area contributed by atoms with Crippen molar-refractivity contribution in [3.63, 3.8) is 0 Å². The molecule has 0 bridgehead atoms. The van der Waals surface area contributed by atoms with Gasteiger partial charge in [0.05, 0.1) is 89.9 Å². The second-order valence-electron chi connectivity index (χ2n) is 25.5. The van der Waals surface area contributed by atoms with E-state index in [0.717, 1.165) is 27.5 Å². The standard InChI is InChI=1S/C71H98IN13O20S/c72-51-13-9-50(10-14-51)40-61(87)74-21-3-2-8-58(70(100)101)80-69(99)57(79-60(86)20-33-102-35-37-104-38-36-103-34-24-75-62(88)48-105-54-17-18-55-56(19-23-73-59(55)41-54)68(98)77-42-63(89)84-25-5-6-26-84)7-1-4-22-76-71(106)78-52-15-11-49(12-16-52)39-53-43-83(46-66(94)95)30-29-81(44-64(90)91)27-28-82(45-65(92)93)31-32-85(53)47-67(96)97/h9-19,23,41,53,57-58H,1-8,20-22,24-40,42-48H2,(H,74,87)(H,75,88)(H,77,98)(H,79,86)(H,80,99)(H,90,91)(H,92,93)(H,94,95)(H,96,97)(H,100,101)(H2,76,78,106)/t53?,57-,58-/m0/s1. The van der Waals surface area contributed by atoms with Crippen LogP contribution >= 0.6 is 34.8 Å². The zero-order valence-electron chi connectivity index (χ0n) is 59.3. The van der Waals surface area contributed by atoms with Crippen molar-refractivity contribution in [3.05, 3.63) is 99.3 Å². The van der Waals surface area contributed by atoms with Crippen molar-refractivity contribution < 1.29 is 97.2 Å². The first kappa shape index (κ1) is 86.1. The van der Waals surface area contributed by atoms with Gasteiger partial charge in [-0.05, 0) is 146 Å². The first-order valence-corrected chi connectivity index (χ1v) is 36.8. The van der Waals surface area contributed by atoms with Crippen LogP contribution in [0.25, 0.3) is 10.9 Å². The molecule has 2 fully saturated rings. The van der Waals surface area contributed by atoms with Gasteiger partial charge in [0.25, 0.3) is 11.8 Å². The summed E-state index contributed by atoms with van der Waals surface area (Å²) in [6.07, 6.45) is 5.55. The normalized spacial score (nSPS) is 15.4. The Morgan fingerprint density at radius 1 is 0.566 bits per heavy atom. The van der Waals surface area contributed by atoms with Crippen LogP contribution in [0.5, 0.6) is 5.75 Å². The third-order valence-corrected chi connectivity index (χ3v) is 18.2. The number of unbranched alkanes of at least 4 members (excludes halogenated alkanes) is 2. The molecule has 35 heteroatoms. The van der Waals surface area contributed by atoms with Gasteiger partial charge in [0.1, 0.15) is 17.8 Å². The number of hydrogen-bond donors (Lipinski definition) is 12. The van der Waals surface area contributed by atoms with Gasteiger partial charge in [0.15, 0.2) is 11.7 Å². The van der Waals surface area contributed by atoms with Crippen LogP contribution in [-0.2, 0) is 75.0 Å². The van der Waals surface area contributed by atoms with Crippen molar-refractivity contribution in [2.24, 2.45) is 0 Å². The van der Waals surface area contributed by atoms with Crippen LogP contribution in [0.15, 0.2) is 79.0 Å². The molecule has 0 aliphatic carbocycles. The number of aromatic nitrogens is 1. The van der Waals surface area contributed by atoms with E-state index < -0.39 is 78.8 Å². The van der Waals surface area contributed by atoms with E-state index >= 15 is 0 Å². The summed E-state index contributed by atoms with van der Waals surface area (Å²) in [4.78, 5) is 151. The molecule has 3 atom stereocenters. The van der Waals surface area contributed by atoms with E-state index in [2.05, 4.69) is 64.8 Å². The third-order valence-electron chi connectivity index (χ3n) is 17.2. The van der Waals surface area contributed by atoms with E-state index in [9.17, 15) is 78.3 Å². The van der Waals surface area contributed by atoms with Crippen molar-refractivity contribution in [2.45, 2.75) is 88.8 Å². The molecule has 4 aromatic rings. The Morgan fingerprint density at radius 2 is 1.14 bits per heavy atom. The highest BCUT2D eigenvalue weighted by molar-refractivity contribution is 14.1. The molecule has 1 unspecified atom stereocenters. The number of pyridine rings is 1. The van der Waals surface area contributed by atoms with E-state index in [0.29, 0.717) is 79.8 Å². The van der Waals surface area contributed by atoms with Gasteiger partial charge in [-0.25, -0.2) is 4.79 Å². The summed E-state index contributed by atoms with van der Waals surface area (Å²) in [5, 5.41) is 69.9. The number of amides is 6. The summed E-state index contributed by atoms with van der Waals surface area (Å²) >= 11 is 7.78. The van der Waals surface area contributed by atoms with Crippen LogP contribution in [0, 0.1) is 3.57 Å². The number of benzene rings is 3. The topological polar surface area (TPSA) is 439 Å². The van der Waals surface area contributed by atoms with Crippen LogP contribution < -0.4 is 42.0 Å². The monoisotopic (exact) mass is 1610 g/mol. The number of ether oxygens (including phenoxy) is 4. The lowest BCUT2D eigenvalue weighted by Crippen LogP contribution is -2.53. The first-order valence-electron chi connectivity index (χ1n) is 35.3. The summed E-state index contributed by atoms with van der Waals surface area (Å²) in [6.45, 7) is 2.27. The zero-order chi connectivity index (χ0) is 76.6. The number of nitrogens with zero attached hydrogens (tertiary/aromatic N) is 6. The lowest BCUT2D eigenvalue weighted by Gasteiger charge is -2.37. The number of carboxylic acids is 5.